The van der Waals surface area contributed by atoms with E-state index in [1.165, 1.54) is 0 Å². The Hall–Kier alpha value is -1.18. The Balaban J connectivity index is 1.92. The molecule has 0 saturated carbocycles. The maximum atomic E-state index is 12.3. The lowest BCUT2D eigenvalue weighted by atomic mass is 10.2. The minimum Gasteiger partial charge on any atom is -0.271 e. The van der Waals surface area contributed by atoms with Gasteiger partial charge in [-0.2, -0.15) is 5.10 Å². The zero-order valence-corrected chi connectivity index (χ0v) is 15.3. The van der Waals surface area contributed by atoms with Crippen LogP contribution in [0, 0.1) is 20.8 Å². The van der Waals surface area contributed by atoms with Crippen LogP contribution in [0.3, 0.4) is 0 Å². The molecule has 2 rings (SSSR count). The first kappa shape index (κ1) is 17.2. The highest BCUT2D eigenvalue weighted by molar-refractivity contribution is 9.10. The van der Waals surface area contributed by atoms with E-state index in [0.717, 1.165) is 21.3 Å². The molecule has 0 bridgehead atoms. The molecule has 0 aliphatic heterocycles. The third kappa shape index (κ3) is 4.18. The Labute approximate surface area is 139 Å². The van der Waals surface area contributed by atoms with Crippen LogP contribution in [0.2, 0.25) is 0 Å². The summed E-state index contributed by atoms with van der Waals surface area (Å²) in [6.07, 6.45) is 2.58. The van der Waals surface area contributed by atoms with Crippen LogP contribution in [0.1, 0.15) is 23.2 Å². The maximum absolute atomic E-state index is 12.3. The van der Waals surface area contributed by atoms with Crippen molar-refractivity contribution in [1.29, 1.82) is 0 Å². The summed E-state index contributed by atoms with van der Waals surface area (Å²) in [5.74, 6) is 0. The van der Waals surface area contributed by atoms with E-state index in [1.54, 1.807) is 6.07 Å². The fourth-order valence-corrected chi connectivity index (χ4v) is 3.85. The summed E-state index contributed by atoms with van der Waals surface area (Å²) >= 11 is 3.41. The molecule has 1 aromatic heterocycles. The highest BCUT2D eigenvalue weighted by Crippen LogP contribution is 2.16. The summed E-state index contributed by atoms with van der Waals surface area (Å²) in [5, 5.41) is 4.32. The fraction of sp³-hybridized carbons (Fsp3) is 0.400. The molecule has 7 heteroatoms. The molecular formula is C15H20BrN3O2S. The van der Waals surface area contributed by atoms with Crippen molar-refractivity contribution in [2.75, 3.05) is 6.54 Å². The number of nitrogens with zero attached hydrogens (tertiary/aromatic N) is 2. The van der Waals surface area contributed by atoms with E-state index < -0.39 is 10.0 Å². The number of hydrogen-bond donors (Lipinski definition) is 1. The minimum atomic E-state index is -3.45. The lowest BCUT2D eigenvalue weighted by molar-refractivity contribution is 0.551. The van der Waals surface area contributed by atoms with Crippen molar-refractivity contribution >= 4 is 26.0 Å². The van der Waals surface area contributed by atoms with E-state index in [4.69, 9.17) is 0 Å². The lowest BCUT2D eigenvalue weighted by Crippen LogP contribution is -2.26. The van der Waals surface area contributed by atoms with Crippen molar-refractivity contribution in [3.05, 3.63) is 45.7 Å². The molecule has 0 atom stereocenters. The summed E-state index contributed by atoms with van der Waals surface area (Å²) in [6.45, 7) is 6.73. The number of sulfonamides is 1. The van der Waals surface area contributed by atoms with Crippen LogP contribution in [-0.4, -0.2) is 24.7 Å². The van der Waals surface area contributed by atoms with Crippen molar-refractivity contribution < 1.29 is 8.42 Å². The second kappa shape index (κ2) is 6.93. The van der Waals surface area contributed by atoms with Gasteiger partial charge in [0.25, 0.3) is 0 Å². The highest BCUT2D eigenvalue weighted by atomic mass is 79.9. The number of benzene rings is 1. The second-order valence-electron chi connectivity index (χ2n) is 5.35. The zero-order chi connectivity index (χ0) is 16.3. The van der Waals surface area contributed by atoms with Gasteiger partial charge in [-0.3, -0.25) is 4.68 Å². The smallest absolute Gasteiger partial charge is 0.240 e. The maximum Gasteiger partial charge on any atom is 0.240 e. The van der Waals surface area contributed by atoms with Crippen molar-refractivity contribution in [1.82, 2.24) is 14.5 Å². The molecule has 1 N–H and O–H groups in total. The topological polar surface area (TPSA) is 64.0 Å². The second-order valence-corrected chi connectivity index (χ2v) is 7.94. The van der Waals surface area contributed by atoms with Gasteiger partial charge in [-0.05, 0) is 54.8 Å². The van der Waals surface area contributed by atoms with E-state index >= 15 is 0 Å². The molecule has 22 heavy (non-hydrogen) atoms. The van der Waals surface area contributed by atoms with Crippen molar-refractivity contribution in [3.8, 4) is 0 Å². The summed E-state index contributed by atoms with van der Waals surface area (Å²) < 4.78 is 30.0. The van der Waals surface area contributed by atoms with Gasteiger partial charge in [0.1, 0.15) is 0 Å². The van der Waals surface area contributed by atoms with E-state index in [1.807, 2.05) is 43.8 Å². The van der Waals surface area contributed by atoms with Crippen LogP contribution in [-0.2, 0) is 16.6 Å². The Kier molecular flexibility index (Phi) is 5.41. The average molecular weight is 386 g/mol. The zero-order valence-electron chi connectivity index (χ0n) is 12.9. The Morgan fingerprint density at radius 3 is 2.59 bits per heavy atom. The predicted octanol–water partition coefficient (Wildman–Crippen LogP) is 2.94. The SMILES string of the molecule is Cc1ccc(S(=O)(=O)NCCCn2cc(Br)c(C)n2)c(C)c1. The van der Waals surface area contributed by atoms with Crippen molar-refractivity contribution in [2.24, 2.45) is 0 Å². The Bertz CT molecular complexity index is 750. The number of aryl methyl sites for hydroxylation is 4. The van der Waals surface area contributed by atoms with Gasteiger partial charge in [0.2, 0.25) is 10.0 Å². The third-order valence-corrected chi connectivity index (χ3v) is 5.76. The molecule has 0 aliphatic carbocycles. The molecule has 1 heterocycles. The first-order valence-corrected chi connectivity index (χ1v) is 9.34. The summed E-state index contributed by atoms with van der Waals surface area (Å²) in [4.78, 5) is 0.343. The summed E-state index contributed by atoms with van der Waals surface area (Å²) in [5.41, 5.74) is 2.74. The standard InChI is InChI=1S/C15H20BrN3O2S/c1-11-5-6-15(12(2)9-11)22(20,21)17-7-4-8-19-10-14(16)13(3)18-19/h5-6,9-10,17H,4,7-8H2,1-3H3. The highest BCUT2D eigenvalue weighted by Gasteiger charge is 2.15. The van der Waals surface area contributed by atoms with Gasteiger partial charge >= 0.3 is 0 Å². The van der Waals surface area contributed by atoms with Gasteiger partial charge in [0.15, 0.2) is 0 Å². The van der Waals surface area contributed by atoms with Gasteiger partial charge < -0.3 is 0 Å². The van der Waals surface area contributed by atoms with Crippen LogP contribution < -0.4 is 4.72 Å². The summed E-state index contributed by atoms with van der Waals surface area (Å²) in [7, 11) is -3.45. The molecule has 0 radical (unpaired) electrons. The fourth-order valence-electron chi connectivity index (χ4n) is 2.23. The van der Waals surface area contributed by atoms with Crippen LogP contribution in [0.15, 0.2) is 33.8 Å². The van der Waals surface area contributed by atoms with Crippen LogP contribution in [0.25, 0.3) is 0 Å². The van der Waals surface area contributed by atoms with Crippen LogP contribution in [0.5, 0.6) is 0 Å². The van der Waals surface area contributed by atoms with Gasteiger partial charge in [0, 0.05) is 19.3 Å². The van der Waals surface area contributed by atoms with Crippen LogP contribution in [0.4, 0.5) is 0 Å². The number of halogens is 1. The quantitative estimate of drug-likeness (QED) is 0.777. The third-order valence-electron chi connectivity index (χ3n) is 3.36. The average Bonchev–Trinajstić information content (AvgIpc) is 2.73. The Morgan fingerprint density at radius 1 is 1.27 bits per heavy atom. The van der Waals surface area contributed by atoms with Gasteiger partial charge in [-0.25, -0.2) is 13.1 Å². The monoisotopic (exact) mass is 385 g/mol. The lowest BCUT2D eigenvalue weighted by Gasteiger charge is -2.10. The van der Waals surface area contributed by atoms with E-state index in [9.17, 15) is 8.42 Å². The van der Waals surface area contributed by atoms with Gasteiger partial charge in [0.05, 0.1) is 15.1 Å². The van der Waals surface area contributed by atoms with E-state index in [-0.39, 0.29) is 0 Å². The normalized spacial score (nSPS) is 11.8. The Morgan fingerprint density at radius 2 is 2.00 bits per heavy atom. The molecule has 2 aromatic rings. The molecule has 0 amide bonds. The molecule has 5 nitrogen and oxygen atoms in total. The van der Waals surface area contributed by atoms with Gasteiger partial charge in [-0.15, -0.1) is 0 Å². The summed E-state index contributed by atoms with van der Waals surface area (Å²) in [6, 6.07) is 5.34. The predicted molar refractivity (Wildman–Crippen MR) is 90.4 cm³/mol. The van der Waals surface area contributed by atoms with E-state index in [2.05, 4.69) is 25.8 Å². The number of aromatic nitrogens is 2. The first-order chi connectivity index (χ1) is 10.3. The van der Waals surface area contributed by atoms with Crippen molar-refractivity contribution in [3.63, 3.8) is 0 Å². The van der Waals surface area contributed by atoms with Crippen molar-refractivity contribution in [2.45, 2.75) is 38.6 Å². The number of hydrogen-bond acceptors (Lipinski definition) is 3. The molecular weight excluding hydrogens is 366 g/mol. The molecule has 0 unspecified atom stereocenters. The van der Waals surface area contributed by atoms with Gasteiger partial charge in [-0.1, -0.05) is 17.7 Å². The minimum absolute atomic E-state index is 0.343. The molecule has 0 saturated heterocycles. The van der Waals surface area contributed by atoms with Crippen LogP contribution >= 0.6 is 15.9 Å². The van der Waals surface area contributed by atoms with E-state index in [0.29, 0.717) is 24.4 Å². The largest absolute Gasteiger partial charge is 0.271 e. The molecule has 0 fully saturated rings. The molecule has 120 valence electrons. The molecule has 0 aliphatic rings. The molecule has 1 aromatic carbocycles. The first-order valence-electron chi connectivity index (χ1n) is 7.06. The molecule has 0 spiro atoms. The number of rotatable bonds is 6. The number of nitrogens with one attached hydrogen (secondary N) is 1.